The first-order valence-corrected chi connectivity index (χ1v) is 5.69. The Bertz CT molecular complexity index is 121. The summed E-state index contributed by atoms with van der Waals surface area (Å²) in [6.07, 6.45) is 5.06. The molecule has 0 saturated carbocycles. The van der Waals surface area contributed by atoms with E-state index in [2.05, 4.69) is 19.2 Å². The van der Waals surface area contributed by atoms with E-state index >= 15 is 0 Å². The summed E-state index contributed by atoms with van der Waals surface area (Å²) in [6.45, 7) is 7.61. The molecule has 1 heterocycles. The molecule has 0 amide bonds. The third-order valence-corrected chi connectivity index (χ3v) is 2.91. The highest BCUT2D eigenvalue weighted by atomic mass is 16.5. The van der Waals surface area contributed by atoms with Crippen LogP contribution in [0.25, 0.3) is 0 Å². The molecule has 1 rings (SSSR count). The topological polar surface area (TPSA) is 21.3 Å². The fourth-order valence-corrected chi connectivity index (χ4v) is 1.98. The summed E-state index contributed by atoms with van der Waals surface area (Å²) in [5.41, 5.74) is 0. The van der Waals surface area contributed by atoms with Crippen LogP contribution >= 0.6 is 0 Å². The Morgan fingerprint density at radius 3 is 2.85 bits per heavy atom. The molecule has 2 atom stereocenters. The van der Waals surface area contributed by atoms with Crippen molar-refractivity contribution in [2.45, 2.75) is 45.6 Å². The molecule has 1 aliphatic heterocycles. The molecule has 0 bridgehead atoms. The minimum absolute atomic E-state index is 0.689. The van der Waals surface area contributed by atoms with Crippen LogP contribution in [-0.4, -0.2) is 25.8 Å². The van der Waals surface area contributed by atoms with Crippen LogP contribution in [0.3, 0.4) is 0 Å². The van der Waals surface area contributed by atoms with Crippen LogP contribution in [0.4, 0.5) is 0 Å². The Hall–Kier alpha value is -0.0800. The summed E-state index contributed by atoms with van der Waals surface area (Å²) >= 11 is 0. The van der Waals surface area contributed by atoms with Crippen LogP contribution in [0.1, 0.15) is 39.5 Å². The van der Waals surface area contributed by atoms with Crippen molar-refractivity contribution in [1.82, 2.24) is 5.32 Å². The Kier molecular flexibility index (Phi) is 5.40. The molecule has 0 radical (unpaired) electrons. The van der Waals surface area contributed by atoms with Crippen LogP contribution in [-0.2, 0) is 4.74 Å². The SMILES string of the molecule is CCCCNC(CC)C1CCOC1. The maximum Gasteiger partial charge on any atom is 0.0509 e. The van der Waals surface area contributed by atoms with Gasteiger partial charge in [-0.15, -0.1) is 0 Å². The minimum Gasteiger partial charge on any atom is -0.381 e. The van der Waals surface area contributed by atoms with Crippen molar-refractivity contribution in [1.29, 1.82) is 0 Å². The molecule has 1 N–H and O–H groups in total. The largest absolute Gasteiger partial charge is 0.381 e. The molecule has 13 heavy (non-hydrogen) atoms. The Balaban J connectivity index is 2.16. The predicted octanol–water partition coefficient (Wildman–Crippen LogP) is 2.19. The van der Waals surface area contributed by atoms with E-state index in [1.165, 1.54) is 32.2 Å². The van der Waals surface area contributed by atoms with Gasteiger partial charge < -0.3 is 10.1 Å². The van der Waals surface area contributed by atoms with E-state index in [4.69, 9.17) is 4.74 Å². The van der Waals surface area contributed by atoms with Gasteiger partial charge >= 0.3 is 0 Å². The second-order valence-corrected chi connectivity index (χ2v) is 3.95. The van der Waals surface area contributed by atoms with E-state index in [1.54, 1.807) is 0 Å². The summed E-state index contributed by atoms with van der Waals surface area (Å²) in [4.78, 5) is 0. The second kappa shape index (κ2) is 6.39. The van der Waals surface area contributed by atoms with E-state index in [1.807, 2.05) is 0 Å². The number of ether oxygens (including phenoxy) is 1. The summed E-state index contributed by atoms with van der Waals surface area (Å²) < 4.78 is 5.41. The van der Waals surface area contributed by atoms with Gasteiger partial charge in [-0.05, 0) is 31.7 Å². The first-order chi connectivity index (χ1) is 6.38. The van der Waals surface area contributed by atoms with Gasteiger partial charge in [0.2, 0.25) is 0 Å². The zero-order valence-corrected chi connectivity index (χ0v) is 9.01. The van der Waals surface area contributed by atoms with Gasteiger partial charge in [0.05, 0.1) is 6.61 Å². The normalized spacial score (nSPS) is 24.9. The average molecular weight is 185 g/mol. The first-order valence-electron chi connectivity index (χ1n) is 5.69. The lowest BCUT2D eigenvalue weighted by Crippen LogP contribution is -2.36. The van der Waals surface area contributed by atoms with Crippen molar-refractivity contribution >= 4 is 0 Å². The molecule has 1 aliphatic rings. The van der Waals surface area contributed by atoms with Gasteiger partial charge in [0.1, 0.15) is 0 Å². The standard InChI is InChI=1S/C11H23NO/c1-3-5-7-12-11(4-2)10-6-8-13-9-10/h10-12H,3-9H2,1-2H3. The highest BCUT2D eigenvalue weighted by Crippen LogP contribution is 2.18. The lowest BCUT2D eigenvalue weighted by molar-refractivity contribution is 0.175. The smallest absolute Gasteiger partial charge is 0.0509 e. The summed E-state index contributed by atoms with van der Waals surface area (Å²) in [5, 5.41) is 3.63. The van der Waals surface area contributed by atoms with Crippen LogP contribution in [0, 0.1) is 5.92 Å². The van der Waals surface area contributed by atoms with E-state index in [0.29, 0.717) is 6.04 Å². The summed E-state index contributed by atoms with van der Waals surface area (Å²) in [7, 11) is 0. The lowest BCUT2D eigenvalue weighted by Gasteiger charge is -2.22. The van der Waals surface area contributed by atoms with E-state index in [9.17, 15) is 0 Å². The maximum atomic E-state index is 5.41. The minimum atomic E-state index is 0.689. The number of hydrogen-bond donors (Lipinski definition) is 1. The van der Waals surface area contributed by atoms with Crippen molar-refractivity contribution in [3.8, 4) is 0 Å². The quantitative estimate of drug-likeness (QED) is 0.640. The monoisotopic (exact) mass is 185 g/mol. The zero-order chi connectivity index (χ0) is 9.52. The number of nitrogens with one attached hydrogen (secondary N) is 1. The van der Waals surface area contributed by atoms with Crippen LogP contribution in [0.15, 0.2) is 0 Å². The fourth-order valence-electron chi connectivity index (χ4n) is 1.98. The van der Waals surface area contributed by atoms with Gasteiger partial charge in [-0.1, -0.05) is 20.3 Å². The lowest BCUT2D eigenvalue weighted by atomic mass is 9.97. The highest BCUT2D eigenvalue weighted by molar-refractivity contribution is 4.78. The van der Waals surface area contributed by atoms with Crippen molar-refractivity contribution in [3.63, 3.8) is 0 Å². The molecular weight excluding hydrogens is 162 g/mol. The first kappa shape index (κ1) is 11.0. The van der Waals surface area contributed by atoms with E-state index in [0.717, 1.165) is 19.1 Å². The molecule has 0 spiro atoms. The third-order valence-electron chi connectivity index (χ3n) is 2.91. The van der Waals surface area contributed by atoms with Crippen LogP contribution in [0.5, 0.6) is 0 Å². The predicted molar refractivity (Wildman–Crippen MR) is 55.9 cm³/mol. The molecule has 2 nitrogen and oxygen atoms in total. The second-order valence-electron chi connectivity index (χ2n) is 3.95. The van der Waals surface area contributed by atoms with E-state index < -0.39 is 0 Å². The third kappa shape index (κ3) is 3.65. The fraction of sp³-hybridized carbons (Fsp3) is 1.00. The highest BCUT2D eigenvalue weighted by Gasteiger charge is 2.23. The molecule has 78 valence electrons. The van der Waals surface area contributed by atoms with Gasteiger partial charge in [-0.25, -0.2) is 0 Å². The summed E-state index contributed by atoms with van der Waals surface area (Å²) in [6, 6.07) is 0.689. The molecule has 0 aromatic heterocycles. The van der Waals surface area contributed by atoms with Gasteiger partial charge in [0.25, 0.3) is 0 Å². The molecular formula is C11H23NO. The molecule has 0 aromatic rings. The molecule has 2 heteroatoms. The molecule has 0 aromatic carbocycles. The Labute approximate surface area is 82.0 Å². The number of rotatable bonds is 6. The molecule has 1 fully saturated rings. The van der Waals surface area contributed by atoms with Crippen molar-refractivity contribution < 1.29 is 4.74 Å². The van der Waals surface area contributed by atoms with Crippen molar-refractivity contribution in [2.75, 3.05) is 19.8 Å². The average Bonchev–Trinajstić information content (AvgIpc) is 2.65. The number of hydrogen-bond acceptors (Lipinski definition) is 2. The Morgan fingerprint density at radius 2 is 2.31 bits per heavy atom. The van der Waals surface area contributed by atoms with E-state index in [-0.39, 0.29) is 0 Å². The van der Waals surface area contributed by atoms with Gasteiger partial charge in [0, 0.05) is 12.6 Å². The van der Waals surface area contributed by atoms with Crippen molar-refractivity contribution in [2.24, 2.45) is 5.92 Å². The van der Waals surface area contributed by atoms with Crippen LogP contribution in [0.2, 0.25) is 0 Å². The van der Waals surface area contributed by atoms with Gasteiger partial charge in [0.15, 0.2) is 0 Å². The Morgan fingerprint density at radius 1 is 1.46 bits per heavy atom. The maximum absolute atomic E-state index is 5.41. The molecule has 0 aliphatic carbocycles. The van der Waals surface area contributed by atoms with Crippen molar-refractivity contribution in [3.05, 3.63) is 0 Å². The zero-order valence-electron chi connectivity index (χ0n) is 9.01. The number of unbranched alkanes of at least 4 members (excludes halogenated alkanes) is 1. The molecule has 1 saturated heterocycles. The molecule has 2 unspecified atom stereocenters. The van der Waals surface area contributed by atoms with Gasteiger partial charge in [-0.3, -0.25) is 0 Å². The van der Waals surface area contributed by atoms with Gasteiger partial charge in [-0.2, -0.15) is 0 Å². The van der Waals surface area contributed by atoms with Crippen LogP contribution < -0.4 is 5.32 Å². The summed E-state index contributed by atoms with van der Waals surface area (Å²) in [5.74, 6) is 0.766.